The van der Waals surface area contributed by atoms with Gasteiger partial charge in [0.25, 0.3) is 0 Å². The van der Waals surface area contributed by atoms with E-state index < -0.39 is 36.3 Å². The molecule has 1 aliphatic heterocycles. The molecule has 43 heavy (non-hydrogen) atoms. The van der Waals surface area contributed by atoms with Crippen molar-refractivity contribution in [1.29, 1.82) is 0 Å². The van der Waals surface area contributed by atoms with Crippen LogP contribution in [-0.4, -0.2) is 44.3 Å². The lowest BCUT2D eigenvalue weighted by molar-refractivity contribution is -0.201. The molecule has 7 nitrogen and oxygen atoms in total. The first kappa shape index (κ1) is 30.0. The Hall–Kier alpha value is -4.45. The average molecular weight is 603 g/mol. The van der Waals surface area contributed by atoms with Gasteiger partial charge in [-0.3, -0.25) is 0 Å². The highest BCUT2D eigenvalue weighted by molar-refractivity contribution is 5.93. The summed E-state index contributed by atoms with van der Waals surface area (Å²) in [6.07, 6.45) is -2.34. The molecule has 0 aliphatic carbocycles. The van der Waals surface area contributed by atoms with Crippen molar-refractivity contribution >= 4 is 28.6 Å². The molecule has 1 N–H and O–H groups in total. The van der Waals surface area contributed by atoms with Crippen LogP contribution in [-0.2, 0) is 20.9 Å². The van der Waals surface area contributed by atoms with Crippen molar-refractivity contribution in [2.24, 2.45) is 5.92 Å². The lowest BCUT2D eigenvalue weighted by atomic mass is 9.97. The molecular formula is C31H27F5N2O5. The van der Waals surface area contributed by atoms with E-state index in [0.717, 1.165) is 37.6 Å². The van der Waals surface area contributed by atoms with E-state index in [0.29, 0.717) is 29.1 Å². The van der Waals surface area contributed by atoms with E-state index in [2.05, 4.69) is 10.1 Å². The molecule has 3 aromatic carbocycles. The number of esters is 2. The normalized spacial score (nSPS) is 14.1. The summed E-state index contributed by atoms with van der Waals surface area (Å²) in [6, 6.07) is 16.2. The van der Waals surface area contributed by atoms with Crippen molar-refractivity contribution in [3.05, 3.63) is 84.1 Å². The lowest BCUT2D eigenvalue weighted by Crippen LogP contribution is -2.40. The summed E-state index contributed by atoms with van der Waals surface area (Å²) in [5.41, 5.74) is 2.49. The predicted octanol–water partition coefficient (Wildman–Crippen LogP) is 6.40. The van der Waals surface area contributed by atoms with Crippen molar-refractivity contribution in [3.63, 3.8) is 0 Å². The Morgan fingerprint density at radius 2 is 1.74 bits per heavy atom. The van der Waals surface area contributed by atoms with Crippen molar-refractivity contribution in [2.45, 2.75) is 25.6 Å². The van der Waals surface area contributed by atoms with E-state index in [1.165, 1.54) is 12.3 Å². The maximum Gasteiger partial charge on any atom is 0.491 e. The van der Waals surface area contributed by atoms with E-state index in [1.54, 1.807) is 53.4 Å². The van der Waals surface area contributed by atoms with Crippen molar-refractivity contribution in [1.82, 2.24) is 5.32 Å². The Morgan fingerprint density at radius 1 is 1.00 bits per heavy atom. The van der Waals surface area contributed by atoms with E-state index >= 15 is 0 Å². The summed E-state index contributed by atoms with van der Waals surface area (Å²) >= 11 is 0. The van der Waals surface area contributed by atoms with Gasteiger partial charge >= 0.3 is 18.1 Å². The van der Waals surface area contributed by atoms with Crippen LogP contribution < -0.4 is 15.0 Å². The van der Waals surface area contributed by atoms with Crippen molar-refractivity contribution in [3.8, 4) is 16.9 Å². The third-order valence-electron chi connectivity index (χ3n) is 7.17. The van der Waals surface area contributed by atoms with Gasteiger partial charge in [0.1, 0.15) is 24.5 Å². The molecule has 0 amide bonds. The lowest BCUT2D eigenvalue weighted by Gasteiger charge is -2.31. The topological polar surface area (TPSA) is 81.0 Å². The molecule has 1 aromatic heterocycles. The second-order valence-corrected chi connectivity index (χ2v) is 10.2. The number of alkyl halides is 3. The number of ether oxygens (including phenoxy) is 2. The maximum absolute atomic E-state index is 14.1. The van der Waals surface area contributed by atoms with Crippen LogP contribution in [0.4, 0.5) is 27.6 Å². The standard InChI is InChI=1S/C31H27F5N2O5/c32-26-15-25(29-24(28(26)33)10-13-41-29)21-4-6-23(7-5-21)42-18-20-2-1-3-22(14-20)38(16-19-8-11-37-12-9-19)17-27(39)43-30(40)31(34,35)36/h1-7,10,13-15,19,37H,8-9,11-12,16-18H2. The van der Waals surface area contributed by atoms with Crippen LogP contribution in [0.5, 0.6) is 5.75 Å². The van der Waals surface area contributed by atoms with E-state index in [1.807, 2.05) is 0 Å². The zero-order chi connectivity index (χ0) is 30.6. The molecule has 0 atom stereocenters. The second-order valence-electron chi connectivity index (χ2n) is 10.2. The fourth-order valence-corrected chi connectivity index (χ4v) is 5.02. The van der Waals surface area contributed by atoms with Crippen molar-refractivity contribution in [2.75, 3.05) is 31.1 Å². The summed E-state index contributed by atoms with van der Waals surface area (Å²) in [7, 11) is 0. The van der Waals surface area contributed by atoms with Crippen LogP contribution >= 0.6 is 0 Å². The highest BCUT2D eigenvalue weighted by atomic mass is 19.4. The van der Waals surface area contributed by atoms with Gasteiger partial charge in [-0.05, 0) is 79.4 Å². The number of rotatable bonds is 9. The Balaban J connectivity index is 1.28. The molecule has 2 heterocycles. The molecule has 1 aliphatic rings. The molecule has 0 spiro atoms. The highest BCUT2D eigenvalue weighted by Crippen LogP contribution is 2.34. The third kappa shape index (κ3) is 7.31. The Kier molecular flexibility index (Phi) is 8.95. The quantitative estimate of drug-likeness (QED) is 0.135. The second kappa shape index (κ2) is 12.8. The first-order chi connectivity index (χ1) is 20.6. The van der Waals surface area contributed by atoms with Gasteiger partial charge in [-0.2, -0.15) is 13.2 Å². The Morgan fingerprint density at radius 3 is 2.47 bits per heavy atom. The summed E-state index contributed by atoms with van der Waals surface area (Å²) in [5, 5.41) is 3.29. The van der Waals surface area contributed by atoms with Gasteiger partial charge in [0, 0.05) is 17.8 Å². The first-order valence-corrected chi connectivity index (χ1v) is 13.5. The molecule has 0 unspecified atom stereocenters. The number of hydrogen-bond acceptors (Lipinski definition) is 7. The molecule has 0 saturated carbocycles. The highest BCUT2D eigenvalue weighted by Gasteiger charge is 2.42. The van der Waals surface area contributed by atoms with Crippen LogP contribution in [0.25, 0.3) is 22.1 Å². The Bertz CT molecular complexity index is 1600. The molecule has 1 fully saturated rings. The molecule has 5 rings (SSSR count). The predicted molar refractivity (Wildman–Crippen MR) is 147 cm³/mol. The molecule has 0 bridgehead atoms. The number of anilines is 1. The number of benzene rings is 3. The van der Waals surface area contributed by atoms with Crippen molar-refractivity contribution < 1.29 is 45.4 Å². The molecule has 226 valence electrons. The van der Waals surface area contributed by atoms with Gasteiger partial charge < -0.3 is 24.1 Å². The summed E-state index contributed by atoms with van der Waals surface area (Å²) in [4.78, 5) is 25.1. The van der Waals surface area contributed by atoms with Gasteiger partial charge in [-0.1, -0.05) is 24.3 Å². The van der Waals surface area contributed by atoms with Gasteiger partial charge in [-0.25, -0.2) is 18.4 Å². The van der Waals surface area contributed by atoms with E-state index in [9.17, 15) is 31.5 Å². The van der Waals surface area contributed by atoms with Gasteiger partial charge in [0.15, 0.2) is 11.6 Å². The number of nitrogens with one attached hydrogen (secondary N) is 1. The summed E-state index contributed by atoms with van der Waals surface area (Å²) < 4.78 is 81.3. The van der Waals surface area contributed by atoms with Gasteiger partial charge in [-0.15, -0.1) is 0 Å². The Labute approximate surface area is 243 Å². The number of carbonyl (C=O) groups excluding carboxylic acids is 2. The van der Waals surface area contributed by atoms with Crippen LogP contribution in [0.15, 0.2) is 71.3 Å². The first-order valence-electron chi connectivity index (χ1n) is 13.5. The smallest absolute Gasteiger partial charge is 0.489 e. The maximum atomic E-state index is 14.1. The SMILES string of the molecule is O=C(CN(CC1CCNCC1)c1cccc(COc2ccc(-c3cc(F)c(F)c4ccoc34)cc2)c1)OC(=O)C(F)(F)F. The summed E-state index contributed by atoms with van der Waals surface area (Å²) in [6.45, 7) is 1.54. The minimum atomic E-state index is -5.27. The van der Waals surface area contributed by atoms with Crippen LogP contribution in [0.1, 0.15) is 18.4 Å². The number of nitrogens with zero attached hydrogens (tertiary/aromatic N) is 1. The fourth-order valence-electron chi connectivity index (χ4n) is 5.02. The number of halogens is 5. The van der Waals surface area contributed by atoms with Gasteiger partial charge in [0.05, 0.1) is 11.6 Å². The molecule has 0 radical (unpaired) electrons. The molecule has 4 aromatic rings. The average Bonchev–Trinajstić information content (AvgIpc) is 3.49. The molecular weight excluding hydrogens is 575 g/mol. The largest absolute Gasteiger partial charge is 0.491 e. The number of hydrogen-bond donors (Lipinski definition) is 1. The van der Waals surface area contributed by atoms with Crippen LogP contribution in [0.3, 0.4) is 0 Å². The van der Waals surface area contributed by atoms with Crippen LogP contribution in [0.2, 0.25) is 0 Å². The number of fused-ring (bicyclic) bond motifs is 1. The molecule has 12 heteroatoms. The third-order valence-corrected chi connectivity index (χ3v) is 7.17. The van der Waals surface area contributed by atoms with Gasteiger partial charge in [0.2, 0.25) is 0 Å². The fraction of sp³-hybridized carbons (Fsp3) is 0.290. The molecule has 1 saturated heterocycles. The monoisotopic (exact) mass is 602 g/mol. The zero-order valence-electron chi connectivity index (χ0n) is 22.8. The number of furan rings is 1. The summed E-state index contributed by atoms with van der Waals surface area (Å²) in [5.74, 6) is -5.14. The van der Waals surface area contributed by atoms with E-state index in [-0.39, 0.29) is 23.5 Å². The van der Waals surface area contributed by atoms with E-state index in [4.69, 9.17) is 9.15 Å². The number of piperidine rings is 1. The zero-order valence-corrected chi connectivity index (χ0v) is 22.8. The number of carbonyl (C=O) groups is 2. The minimum absolute atomic E-state index is 0.0459. The van der Waals surface area contributed by atoms with Crippen LogP contribution in [0, 0.1) is 17.6 Å². The minimum Gasteiger partial charge on any atom is -0.489 e.